The zero-order chi connectivity index (χ0) is 24.3. The molecule has 2 bridgehead atoms. The van der Waals surface area contributed by atoms with Gasteiger partial charge in [0.2, 0.25) is 10.0 Å². The molecular weight excluding hydrogens is 446 g/mol. The van der Waals surface area contributed by atoms with Gasteiger partial charge in [0.05, 0.1) is 4.90 Å². The van der Waals surface area contributed by atoms with Crippen LogP contribution in [0.4, 0.5) is 0 Å². The quantitative estimate of drug-likeness (QED) is 0.328. The molecule has 0 amide bonds. The summed E-state index contributed by atoms with van der Waals surface area (Å²) in [4.78, 5) is 11.0. The van der Waals surface area contributed by atoms with Crippen molar-refractivity contribution in [2.75, 3.05) is 0 Å². The van der Waals surface area contributed by atoms with Crippen molar-refractivity contribution < 1.29 is 18.3 Å². The van der Waals surface area contributed by atoms with Crippen LogP contribution in [0.2, 0.25) is 0 Å². The number of rotatable bonds is 10. The van der Waals surface area contributed by atoms with Crippen LogP contribution in [-0.2, 0) is 14.8 Å². The second kappa shape index (κ2) is 10.0. The van der Waals surface area contributed by atoms with Crippen LogP contribution in [0.1, 0.15) is 52.4 Å². The maximum atomic E-state index is 13.3. The molecule has 0 aromatic heterocycles. The van der Waals surface area contributed by atoms with E-state index < -0.39 is 16.0 Å². The molecule has 0 heterocycles. The summed E-state index contributed by atoms with van der Waals surface area (Å²) >= 11 is 0. The average molecular weight is 482 g/mol. The van der Waals surface area contributed by atoms with E-state index >= 15 is 0 Å². The molecule has 3 saturated carbocycles. The van der Waals surface area contributed by atoms with Gasteiger partial charge in [0, 0.05) is 12.5 Å². The van der Waals surface area contributed by atoms with Gasteiger partial charge in [-0.25, -0.2) is 13.1 Å². The third-order valence-corrected chi connectivity index (χ3v) is 9.54. The Morgan fingerprint density at radius 2 is 1.71 bits per heavy atom. The van der Waals surface area contributed by atoms with Crippen molar-refractivity contribution in [1.29, 1.82) is 0 Å². The van der Waals surface area contributed by atoms with Gasteiger partial charge < -0.3 is 5.11 Å². The SMILES string of the molecule is CC1(C)[C@H]2C[C@H](NS(=O)(=O)c3ccc(-c4ccccc4)cc3)[C@@H](C/C=C\CCCC(=O)O)[C@@H]1C2. The number of carboxylic acids is 1. The molecule has 6 heteroatoms. The molecule has 0 spiro atoms. The lowest BCUT2D eigenvalue weighted by Gasteiger charge is -2.62. The normalized spacial score (nSPS) is 25.7. The predicted octanol–water partition coefficient (Wildman–Crippen LogP) is 5.88. The van der Waals surface area contributed by atoms with Crippen molar-refractivity contribution in [3.8, 4) is 11.1 Å². The summed E-state index contributed by atoms with van der Waals surface area (Å²) < 4.78 is 29.6. The summed E-state index contributed by atoms with van der Waals surface area (Å²) in [6.07, 6.45) is 8.55. The van der Waals surface area contributed by atoms with E-state index in [-0.39, 0.29) is 23.8 Å². The highest BCUT2D eigenvalue weighted by atomic mass is 32.2. The van der Waals surface area contributed by atoms with E-state index in [1.807, 2.05) is 42.5 Å². The van der Waals surface area contributed by atoms with Gasteiger partial charge in [-0.2, -0.15) is 0 Å². The molecule has 4 atom stereocenters. The molecule has 3 aliphatic rings. The number of hydrogen-bond donors (Lipinski definition) is 2. The minimum atomic E-state index is -3.62. The van der Waals surface area contributed by atoms with Gasteiger partial charge in [-0.15, -0.1) is 0 Å². The van der Waals surface area contributed by atoms with E-state index in [1.54, 1.807) is 12.1 Å². The molecular formula is C28H35NO4S. The summed E-state index contributed by atoms with van der Waals surface area (Å²) in [5.41, 5.74) is 2.29. The second-order valence-corrected chi connectivity index (χ2v) is 12.1. The number of allylic oxidation sites excluding steroid dienone is 2. The molecule has 2 aromatic rings. The number of hydrogen-bond acceptors (Lipinski definition) is 3. The van der Waals surface area contributed by atoms with Crippen molar-refractivity contribution in [2.45, 2.75) is 63.3 Å². The molecule has 5 rings (SSSR count). The number of sulfonamides is 1. The number of aliphatic carboxylic acids is 1. The number of unbranched alkanes of at least 4 members (excludes halogenated alkanes) is 1. The van der Waals surface area contributed by atoms with E-state index in [2.05, 4.69) is 30.7 Å². The largest absolute Gasteiger partial charge is 0.481 e. The molecule has 3 aliphatic carbocycles. The first kappa shape index (κ1) is 24.7. The van der Waals surface area contributed by atoms with Crippen molar-refractivity contribution in [3.63, 3.8) is 0 Å². The number of benzene rings is 2. The van der Waals surface area contributed by atoms with Gasteiger partial charge in [0.25, 0.3) is 0 Å². The molecule has 34 heavy (non-hydrogen) atoms. The smallest absolute Gasteiger partial charge is 0.303 e. The Morgan fingerprint density at radius 1 is 1.03 bits per heavy atom. The minimum absolute atomic E-state index is 0.0840. The van der Waals surface area contributed by atoms with Crippen LogP contribution in [0.5, 0.6) is 0 Å². The molecule has 0 unspecified atom stereocenters. The Hall–Kier alpha value is -2.44. The van der Waals surface area contributed by atoms with Gasteiger partial charge in [0.1, 0.15) is 0 Å². The summed E-state index contributed by atoms with van der Waals surface area (Å²) in [6, 6.07) is 16.9. The zero-order valence-corrected chi connectivity index (χ0v) is 20.8. The van der Waals surface area contributed by atoms with E-state index in [9.17, 15) is 13.2 Å². The van der Waals surface area contributed by atoms with E-state index in [4.69, 9.17) is 5.11 Å². The van der Waals surface area contributed by atoms with Crippen LogP contribution in [0.3, 0.4) is 0 Å². The molecule has 0 saturated heterocycles. The highest BCUT2D eigenvalue weighted by Crippen LogP contribution is 2.62. The zero-order valence-electron chi connectivity index (χ0n) is 20.0. The Balaban J connectivity index is 1.44. The average Bonchev–Trinajstić information content (AvgIpc) is 2.82. The first-order chi connectivity index (χ1) is 16.2. The molecule has 2 aromatic carbocycles. The van der Waals surface area contributed by atoms with Crippen LogP contribution in [-0.4, -0.2) is 25.5 Å². The summed E-state index contributed by atoms with van der Waals surface area (Å²) in [5.74, 6) is 0.507. The van der Waals surface area contributed by atoms with Crippen molar-refractivity contribution >= 4 is 16.0 Å². The van der Waals surface area contributed by atoms with Crippen LogP contribution in [0.25, 0.3) is 11.1 Å². The van der Waals surface area contributed by atoms with Crippen LogP contribution >= 0.6 is 0 Å². The lowest BCUT2D eigenvalue weighted by Crippen LogP contribution is -2.61. The summed E-state index contributed by atoms with van der Waals surface area (Å²) in [5, 5.41) is 8.79. The van der Waals surface area contributed by atoms with Crippen molar-refractivity contribution in [2.24, 2.45) is 23.2 Å². The maximum absolute atomic E-state index is 13.3. The van der Waals surface area contributed by atoms with Gasteiger partial charge in [-0.05, 0) is 78.5 Å². The Bertz CT molecular complexity index is 1120. The molecule has 5 nitrogen and oxygen atoms in total. The molecule has 0 aliphatic heterocycles. The Morgan fingerprint density at radius 3 is 2.35 bits per heavy atom. The first-order valence-corrected chi connectivity index (χ1v) is 13.7. The van der Waals surface area contributed by atoms with E-state index in [0.29, 0.717) is 23.2 Å². The molecule has 2 N–H and O–H groups in total. The lowest BCUT2D eigenvalue weighted by atomic mass is 9.44. The monoisotopic (exact) mass is 481 g/mol. The van der Waals surface area contributed by atoms with Crippen LogP contribution < -0.4 is 4.72 Å². The Kier molecular flexibility index (Phi) is 7.29. The third kappa shape index (κ3) is 5.28. The number of fused-ring (bicyclic) bond motifs is 2. The van der Waals surface area contributed by atoms with Gasteiger partial charge in [0.15, 0.2) is 0 Å². The number of carboxylic acid groups (broad SMARTS) is 1. The van der Waals surface area contributed by atoms with Gasteiger partial charge >= 0.3 is 5.97 Å². The first-order valence-electron chi connectivity index (χ1n) is 12.2. The Labute approximate surface area is 203 Å². The standard InChI is InChI=1S/C28H35NO4S/c1-28(2)22-18-25(28)24(12-8-3-4-9-13-27(30)31)26(19-22)29-34(32,33)23-16-14-21(15-17-23)20-10-6-5-7-11-20/h3,5-8,10-11,14-17,22,24-26,29H,4,9,12-13,18-19H2,1-2H3,(H,30,31)/b8-3-/t22-,24+,25+,26+/m1/s1. The summed E-state index contributed by atoms with van der Waals surface area (Å²) in [7, 11) is -3.62. The van der Waals surface area contributed by atoms with Gasteiger partial charge in [-0.3, -0.25) is 4.79 Å². The molecule has 182 valence electrons. The third-order valence-electron chi connectivity index (χ3n) is 8.03. The minimum Gasteiger partial charge on any atom is -0.481 e. The van der Waals surface area contributed by atoms with Crippen molar-refractivity contribution in [1.82, 2.24) is 4.72 Å². The topological polar surface area (TPSA) is 83.5 Å². The number of carbonyl (C=O) groups is 1. The van der Waals surface area contributed by atoms with Crippen molar-refractivity contribution in [3.05, 3.63) is 66.7 Å². The maximum Gasteiger partial charge on any atom is 0.303 e. The molecule has 3 fully saturated rings. The van der Waals surface area contributed by atoms with Crippen LogP contribution in [0.15, 0.2) is 71.6 Å². The highest BCUT2D eigenvalue weighted by molar-refractivity contribution is 7.89. The van der Waals surface area contributed by atoms with E-state index in [1.165, 1.54) is 0 Å². The number of nitrogens with one attached hydrogen (secondary N) is 1. The summed E-state index contributed by atoms with van der Waals surface area (Å²) in [6.45, 7) is 4.62. The highest BCUT2D eigenvalue weighted by Gasteiger charge is 2.57. The van der Waals surface area contributed by atoms with Crippen LogP contribution in [0, 0.1) is 23.2 Å². The fraction of sp³-hybridized carbons (Fsp3) is 0.464. The van der Waals surface area contributed by atoms with Gasteiger partial charge in [-0.1, -0.05) is 68.5 Å². The lowest BCUT2D eigenvalue weighted by molar-refractivity contribution is -0.137. The van der Waals surface area contributed by atoms with E-state index in [0.717, 1.165) is 36.8 Å². The molecule has 0 radical (unpaired) electrons. The second-order valence-electron chi connectivity index (χ2n) is 10.4. The fourth-order valence-electron chi connectivity index (χ4n) is 5.88. The predicted molar refractivity (Wildman–Crippen MR) is 135 cm³/mol. The fourth-order valence-corrected chi connectivity index (χ4v) is 7.18.